The maximum Gasteiger partial charge on any atom is 0.351 e. The number of nitrogens with zero attached hydrogens (tertiary/aromatic N) is 1. The molecule has 8 nitrogen and oxygen atoms in total. The number of benzene rings is 2. The Morgan fingerprint density at radius 3 is 2.54 bits per heavy atom. The molecule has 0 saturated carbocycles. The zero-order chi connectivity index (χ0) is 17.4. The Hall–Kier alpha value is -3.42. The second kappa shape index (κ2) is 5.65. The van der Waals surface area contributed by atoms with Gasteiger partial charge in [0.15, 0.2) is 5.75 Å². The summed E-state index contributed by atoms with van der Waals surface area (Å²) in [7, 11) is 2.44. The summed E-state index contributed by atoms with van der Waals surface area (Å²) >= 11 is 0. The lowest BCUT2D eigenvalue weighted by Gasteiger charge is -2.08. The molecule has 0 saturated heterocycles. The van der Waals surface area contributed by atoms with E-state index in [1.807, 2.05) is 0 Å². The Morgan fingerprint density at radius 1 is 1.21 bits per heavy atom. The SMILES string of the molecule is COC(=O)c1cc2c(ccc3ccc(OC)c([N+](=O)[O-])c32)oc1=O. The van der Waals surface area contributed by atoms with Gasteiger partial charge >= 0.3 is 17.3 Å². The summed E-state index contributed by atoms with van der Waals surface area (Å²) < 4.78 is 14.7. The van der Waals surface area contributed by atoms with Crippen LogP contribution in [-0.2, 0) is 4.74 Å². The molecular weight excluding hydrogens is 318 g/mol. The first-order valence-electron chi connectivity index (χ1n) is 6.78. The molecule has 3 aromatic rings. The van der Waals surface area contributed by atoms with Gasteiger partial charge in [-0.2, -0.15) is 0 Å². The second-order valence-electron chi connectivity index (χ2n) is 4.89. The van der Waals surface area contributed by atoms with Crippen LogP contribution in [0.4, 0.5) is 5.69 Å². The van der Waals surface area contributed by atoms with Crippen LogP contribution in [-0.4, -0.2) is 25.1 Å². The lowest BCUT2D eigenvalue weighted by Crippen LogP contribution is -2.15. The van der Waals surface area contributed by atoms with E-state index in [0.717, 1.165) is 7.11 Å². The molecule has 24 heavy (non-hydrogen) atoms. The van der Waals surface area contributed by atoms with E-state index in [1.165, 1.54) is 25.3 Å². The highest BCUT2D eigenvalue weighted by Crippen LogP contribution is 2.39. The molecule has 122 valence electrons. The van der Waals surface area contributed by atoms with E-state index in [4.69, 9.17) is 9.15 Å². The van der Waals surface area contributed by atoms with Crippen molar-refractivity contribution in [3.05, 3.63) is 56.4 Å². The molecule has 0 aliphatic heterocycles. The van der Waals surface area contributed by atoms with Crippen LogP contribution in [0.25, 0.3) is 21.7 Å². The molecule has 0 radical (unpaired) electrons. The van der Waals surface area contributed by atoms with Gasteiger partial charge in [0.1, 0.15) is 11.1 Å². The molecule has 0 unspecified atom stereocenters. The first-order chi connectivity index (χ1) is 11.5. The molecule has 3 rings (SSSR count). The number of methoxy groups -OCH3 is 2. The highest BCUT2D eigenvalue weighted by atomic mass is 16.6. The molecule has 0 aliphatic carbocycles. The third-order valence-electron chi connectivity index (χ3n) is 3.64. The van der Waals surface area contributed by atoms with E-state index in [2.05, 4.69) is 4.74 Å². The monoisotopic (exact) mass is 329 g/mol. The molecule has 0 amide bonds. The number of nitro benzene ring substituents is 1. The Balaban J connectivity index is 2.55. The fourth-order valence-corrected chi connectivity index (χ4v) is 2.58. The second-order valence-corrected chi connectivity index (χ2v) is 4.89. The van der Waals surface area contributed by atoms with Gasteiger partial charge < -0.3 is 13.9 Å². The Morgan fingerprint density at radius 2 is 1.92 bits per heavy atom. The standard InChI is InChI=1S/C16H11NO7/c1-22-12-6-4-8-3-5-11-9(13(8)14(12)17(20)21)7-10(15(18)23-2)16(19)24-11/h3-7H,1-2H3. The van der Waals surface area contributed by atoms with E-state index < -0.39 is 16.5 Å². The molecule has 0 N–H and O–H groups in total. The van der Waals surface area contributed by atoms with Crippen LogP contribution >= 0.6 is 0 Å². The zero-order valence-corrected chi connectivity index (χ0v) is 12.7. The summed E-state index contributed by atoms with van der Waals surface area (Å²) in [6.45, 7) is 0. The number of carbonyl (C=O) groups is 1. The van der Waals surface area contributed by atoms with Crippen LogP contribution in [0.1, 0.15) is 10.4 Å². The van der Waals surface area contributed by atoms with Crippen molar-refractivity contribution in [2.75, 3.05) is 14.2 Å². The van der Waals surface area contributed by atoms with Crippen LogP contribution < -0.4 is 10.4 Å². The van der Waals surface area contributed by atoms with Crippen LogP contribution in [0.15, 0.2) is 39.5 Å². The minimum absolute atomic E-state index is 0.0609. The fraction of sp³-hybridized carbons (Fsp3) is 0.125. The topological polar surface area (TPSA) is 109 Å². The molecule has 8 heteroatoms. The van der Waals surface area contributed by atoms with E-state index in [-0.39, 0.29) is 33.4 Å². The quantitative estimate of drug-likeness (QED) is 0.239. The van der Waals surface area contributed by atoms with Gasteiger partial charge in [0.25, 0.3) is 0 Å². The van der Waals surface area contributed by atoms with Crippen molar-refractivity contribution in [1.82, 2.24) is 0 Å². The predicted molar refractivity (Wildman–Crippen MR) is 84.5 cm³/mol. The first-order valence-corrected chi connectivity index (χ1v) is 6.78. The summed E-state index contributed by atoms with van der Waals surface area (Å²) in [5, 5.41) is 12.5. The number of ether oxygens (including phenoxy) is 2. The molecule has 1 heterocycles. The third kappa shape index (κ3) is 2.24. The highest BCUT2D eigenvalue weighted by Gasteiger charge is 2.23. The maximum absolute atomic E-state index is 11.9. The minimum atomic E-state index is -0.881. The minimum Gasteiger partial charge on any atom is -0.490 e. The molecular formula is C16H11NO7. The Bertz CT molecular complexity index is 1050. The van der Waals surface area contributed by atoms with E-state index >= 15 is 0 Å². The lowest BCUT2D eigenvalue weighted by molar-refractivity contribution is -0.383. The van der Waals surface area contributed by atoms with Crippen molar-refractivity contribution in [3.63, 3.8) is 0 Å². The summed E-state index contributed by atoms with van der Waals surface area (Å²) in [6.07, 6.45) is 0. The summed E-state index contributed by atoms with van der Waals surface area (Å²) in [5.41, 5.74) is -1.37. The van der Waals surface area contributed by atoms with Gasteiger partial charge in [0.2, 0.25) is 0 Å². The normalized spacial score (nSPS) is 10.8. The van der Waals surface area contributed by atoms with E-state index in [9.17, 15) is 19.7 Å². The molecule has 0 spiro atoms. The van der Waals surface area contributed by atoms with E-state index in [0.29, 0.717) is 5.39 Å². The van der Waals surface area contributed by atoms with Crippen molar-refractivity contribution in [3.8, 4) is 5.75 Å². The number of hydrogen-bond donors (Lipinski definition) is 0. The Kier molecular flexibility index (Phi) is 3.64. The van der Waals surface area contributed by atoms with Gasteiger partial charge in [-0.05, 0) is 23.6 Å². The van der Waals surface area contributed by atoms with Crippen molar-refractivity contribution in [2.24, 2.45) is 0 Å². The van der Waals surface area contributed by atoms with Crippen LogP contribution in [0.3, 0.4) is 0 Å². The number of nitro groups is 1. The predicted octanol–water partition coefficient (Wildman–Crippen LogP) is 2.65. The fourth-order valence-electron chi connectivity index (χ4n) is 2.58. The van der Waals surface area contributed by atoms with Gasteiger partial charge in [-0.1, -0.05) is 12.1 Å². The molecule has 0 atom stereocenters. The first kappa shape index (κ1) is 15.5. The van der Waals surface area contributed by atoms with Gasteiger partial charge in [0.05, 0.1) is 24.5 Å². The smallest absolute Gasteiger partial charge is 0.351 e. The third-order valence-corrected chi connectivity index (χ3v) is 3.64. The van der Waals surface area contributed by atoms with Crippen LogP contribution in [0, 0.1) is 10.1 Å². The molecule has 0 fully saturated rings. The largest absolute Gasteiger partial charge is 0.490 e. The van der Waals surface area contributed by atoms with Crippen molar-refractivity contribution in [2.45, 2.75) is 0 Å². The van der Waals surface area contributed by atoms with Gasteiger partial charge in [-0.3, -0.25) is 10.1 Å². The molecule has 0 aliphatic rings. The number of esters is 1. The molecule has 0 bridgehead atoms. The van der Waals surface area contributed by atoms with Crippen molar-refractivity contribution >= 4 is 33.4 Å². The number of carbonyl (C=O) groups excluding carboxylic acids is 1. The van der Waals surface area contributed by atoms with Gasteiger partial charge in [0, 0.05) is 5.39 Å². The summed E-state index contributed by atoms with van der Waals surface area (Å²) in [4.78, 5) is 34.5. The number of rotatable bonds is 3. The Labute approximate surface area is 134 Å². The number of hydrogen-bond acceptors (Lipinski definition) is 7. The van der Waals surface area contributed by atoms with Gasteiger partial charge in [-0.15, -0.1) is 0 Å². The average Bonchev–Trinajstić information content (AvgIpc) is 2.58. The number of fused-ring (bicyclic) bond motifs is 3. The van der Waals surface area contributed by atoms with Crippen LogP contribution in [0.2, 0.25) is 0 Å². The molecule has 1 aromatic heterocycles. The summed E-state index contributed by atoms with van der Waals surface area (Å²) in [5.74, 6) is -0.820. The van der Waals surface area contributed by atoms with Gasteiger partial charge in [-0.25, -0.2) is 9.59 Å². The lowest BCUT2D eigenvalue weighted by atomic mass is 10.0. The summed E-state index contributed by atoms with van der Waals surface area (Å²) in [6, 6.07) is 7.46. The highest BCUT2D eigenvalue weighted by molar-refractivity contribution is 6.12. The average molecular weight is 329 g/mol. The molecule has 2 aromatic carbocycles. The van der Waals surface area contributed by atoms with Crippen LogP contribution in [0.5, 0.6) is 5.75 Å². The van der Waals surface area contributed by atoms with Crippen molar-refractivity contribution < 1.29 is 23.6 Å². The van der Waals surface area contributed by atoms with E-state index in [1.54, 1.807) is 12.1 Å². The maximum atomic E-state index is 11.9. The zero-order valence-electron chi connectivity index (χ0n) is 12.7. The van der Waals surface area contributed by atoms with Crippen molar-refractivity contribution in [1.29, 1.82) is 0 Å².